The Balaban J connectivity index is 2.47. The molecule has 0 spiro atoms. The number of rotatable bonds is 12. The first-order valence-corrected chi connectivity index (χ1v) is 13.7. The van der Waals surface area contributed by atoms with Gasteiger partial charge in [0.25, 0.3) is 0 Å². The van der Waals surface area contributed by atoms with Crippen molar-refractivity contribution in [3.8, 4) is 11.5 Å². The number of ether oxygens (including phenoxy) is 2. The lowest BCUT2D eigenvalue weighted by molar-refractivity contribution is -0.139. The SMILES string of the molecule is CC[C@H](C)NC(=O)[C@@H](C)N(Cc1cccc(OC)c1)C(=O)CN(c1cc(Cl)ccc1OC)S(C)(=O)=O. The van der Waals surface area contributed by atoms with E-state index in [0.29, 0.717) is 5.75 Å². The zero-order valence-corrected chi connectivity index (χ0v) is 23.0. The van der Waals surface area contributed by atoms with E-state index in [0.717, 1.165) is 22.5 Å². The summed E-state index contributed by atoms with van der Waals surface area (Å²) in [4.78, 5) is 28.0. The van der Waals surface area contributed by atoms with E-state index >= 15 is 0 Å². The molecule has 1 N–H and O–H groups in total. The summed E-state index contributed by atoms with van der Waals surface area (Å²) in [5.41, 5.74) is 0.844. The van der Waals surface area contributed by atoms with Gasteiger partial charge >= 0.3 is 0 Å². The molecule has 0 saturated carbocycles. The minimum atomic E-state index is -3.92. The molecular weight excluding hydrogens is 506 g/mol. The monoisotopic (exact) mass is 539 g/mol. The van der Waals surface area contributed by atoms with Gasteiger partial charge in [0.2, 0.25) is 21.8 Å². The Morgan fingerprint density at radius 1 is 1.08 bits per heavy atom. The normalized spacial score (nSPS) is 12.9. The Hall–Kier alpha value is -2.98. The highest BCUT2D eigenvalue weighted by atomic mass is 35.5. The van der Waals surface area contributed by atoms with Crippen LogP contribution < -0.4 is 19.1 Å². The van der Waals surface area contributed by atoms with Gasteiger partial charge in [-0.05, 0) is 56.2 Å². The molecule has 198 valence electrons. The van der Waals surface area contributed by atoms with E-state index in [1.807, 2.05) is 13.8 Å². The Kier molecular flexibility index (Phi) is 10.4. The van der Waals surface area contributed by atoms with Gasteiger partial charge in [0.15, 0.2) is 0 Å². The number of nitrogens with zero attached hydrogens (tertiary/aromatic N) is 2. The van der Waals surface area contributed by atoms with Crippen molar-refractivity contribution in [2.24, 2.45) is 0 Å². The maximum absolute atomic E-state index is 13.7. The first-order valence-electron chi connectivity index (χ1n) is 11.4. The van der Waals surface area contributed by atoms with Crippen LogP contribution in [0.15, 0.2) is 42.5 Å². The third-order valence-corrected chi connectivity index (χ3v) is 7.11. The third-order valence-electron chi connectivity index (χ3n) is 5.74. The molecule has 2 rings (SSSR count). The number of hydrogen-bond donors (Lipinski definition) is 1. The smallest absolute Gasteiger partial charge is 0.244 e. The standard InChI is InChI=1S/C25H34ClN3O6S/c1-7-17(2)27-25(31)18(3)28(15-19-9-8-10-21(13-19)34-4)24(30)16-29(36(6,32)33)22-14-20(26)11-12-23(22)35-5/h8-14,17-18H,7,15-16H2,1-6H3,(H,27,31)/t17-,18+/m0/s1. The van der Waals surface area contributed by atoms with Gasteiger partial charge in [0.1, 0.15) is 24.1 Å². The Morgan fingerprint density at radius 3 is 2.36 bits per heavy atom. The number of carbonyl (C=O) groups is 2. The molecule has 2 aromatic carbocycles. The highest BCUT2D eigenvalue weighted by Crippen LogP contribution is 2.33. The van der Waals surface area contributed by atoms with Crippen molar-refractivity contribution in [1.82, 2.24) is 10.2 Å². The fraction of sp³-hybridized carbons (Fsp3) is 0.440. The van der Waals surface area contributed by atoms with Crippen molar-refractivity contribution < 1.29 is 27.5 Å². The van der Waals surface area contributed by atoms with E-state index in [1.54, 1.807) is 37.3 Å². The number of nitrogens with one attached hydrogen (secondary N) is 1. The van der Waals surface area contributed by atoms with Crippen molar-refractivity contribution in [3.63, 3.8) is 0 Å². The molecule has 0 heterocycles. The zero-order chi connectivity index (χ0) is 27.0. The van der Waals surface area contributed by atoms with Crippen molar-refractivity contribution in [1.29, 1.82) is 0 Å². The number of anilines is 1. The molecule has 0 aliphatic rings. The molecule has 9 nitrogen and oxygen atoms in total. The summed E-state index contributed by atoms with van der Waals surface area (Å²) in [6.07, 6.45) is 1.71. The maximum atomic E-state index is 13.7. The number of sulfonamides is 1. The van der Waals surface area contributed by atoms with Gasteiger partial charge < -0.3 is 19.7 Å². The molecule has 0 saturated heterocycles. The quantitative estimate of drug-likeness (QED) is 0.443. The van der Waals surface area contributed by atoms with Gasteiger partial charge in [-0.1, -0.05) is 30.7 Å². The van der Waals surface area contributed by atoms with Crippen LogP contribution in [-0.4, -0.2) is 64.2 Å². The molecule has 11 heteroatoms. The first-order chi connectivity index (χ1) is 16.9. The predicted molar refractivity (Wildman–Crippen MR) is 141 cm³/mol. The third kappa shape index (κ3) is 7.76. The lowest BCUT2D eigenvalue weighted by atomic mass is 10.1. The number of amides is 2. The van der Waals surface area contributed by atoms with Crippen LogP contribution in [0.1, 0.15) is 32.8 Å². The number of halogens is 1. The van der Waals surface area contributed by atoms with Gasteiger partial charge in [0, 0.05) is 17.6 Å². The molecule has 0 radical (unpaired) electrons. The van der Waals surface area contributed by atoms with E-state index in [-0.39, 0.29) is 35.0 Å². The van der Waals surface area contributed by atoms with Crippen molar-refractivity contribution in [3.05, 3.63) is 53.1 Å². The molecule has 2 atom stereocenters. The van der Waals surface area contributed by atoms with Crippen molar-refractivity contribution in [2.75, 3.05) is 31.3 Å². The topological polar surface area (TPSA) is 105 Å². The van der Waals surface area contributed by atoms with Crippen LogP contribution in [0.4, 0.5) is 5.69 Å². The molecule has 0 aromatic heterocycles. The summed E-state index contributed by atoms with van der Waals surface area (Å²) in [5, 5.41) is 3.17. The molecule has 0 aliphatic carbocycles. The van der Waals surface area contributed by atoms with Gasteiger partial charge in [-0.15, -0.1) is 0 Å². The van der Waals surface area contributed by atoms with Gasteiger partial charge in [-0.3, -0.25) is 13.9 Å². The number of carbonyl (C=O) groups excluding carboxylic acids is 2. The van der Waals surface area contributed by atoms with Crippen LogP contribution in [0.2, 0.25) is 5.02 Å². The minimum Gasteiger partial charge on any atom is -0.497 e. The Morgan fingerprint density at radius 2 is 1.78 bits per heavy atom. The lowest BCUT2D eigenvalue weighted by Gasteiger charge is -2.32. The van der Waals surface area contributed by atoms with Gasteiger partial charge in [0.05, 0.1) is 26.2 Å². The summed E-state index contributed by atoms with van der Waals surface area (Å²) in [5.74, 6) is -0.0820. The Labute approximate surface area is 218 Å². The molecule has 2 aromatic rings. The van der Waals surface area contributed by atoms with Gasteiger partial charge in [-0.2, -0.15) is 0 Å². The highest BCUT2D eigenvalue weighted by molar-refractivity contribution is 7.92. The fourth-order valence-corrected chi connectivity index (χ4v) is 4.48. The maximum Gasteiger partial charge on any atom is 0.244 e. The number of methoxy groups -OCH3 is 2. The van der Waals surface area contributed by atoms with Crippen molar-refractivity contribution >= 4 is 39.1 Å². The van der Waals surface area contributed by atoms with Crippen molar-refractivity contribution in [2.45, 2.75) is 45.8 Å². The summed E-state index contributed by atoms with van der Waals surface area (Å²) >= 11 is 6.12. The van der Waals surface area contributed by atoms with E-state index in [9.17, 15) is 18.0 Å². The largest absolute Gasteiger partial charge is 0.497 e. The van der Waals surface area contributed by atoms with Crippen LogP contribution in [0.5, 0.6) is 11.5 Å². The molecule has 36 heavy (non-hydrogen) atoms. The minimum absolute atomic E-state index is 0.0649. The van der Waals surface area contributed by atoms with E-state index in [2.05, 4.69) is 5.32 Å². The summed E-state index contributed by atoms with van der Waals surface area (Å²) in [7, 11) is -0.993. The summed E-state index contributed by atoms with van der Waals surface area (Å²) in [6, 6.07) is 10.6. The van der Waals surface area contributed by atoms with Gasteiger partial charge in [-0.25, -0.2) is 8.42 Å². The van der Waals surface area contributed by atoms with Crippen LogP contribution in [0, 0.1) is 0 Å². The second-order valence-corrected chi connectivity index (χ2v) is 10.8. The zero-order valence-electron chi connectivity index (χ0n) is 21.4. The Bertz CT molecular complexity index is 1170. The van der Waals surface area contributed by atoms with E-state index in [1.165, 1.54) is 31.3 Å². The van der Waals surface area contributed by atoms with Crippen LogP contribution in [0.25, 0.3) is 0 Å². The average molecular weight is 540 g/mol. The fourth-order valence-electron chi connectivity index (χ4n) is 3.47. The molecule has 0 unspecified atom stereocenters. The lowest BCUT2D eigenvalue weighted by Crippen LogP contribution is -2.52. The van der Waals surface area contributed by atoms with Crippen LogP contribution in [0.3, 0.4) is 0 Å². The van der Waals surface area contributed by atoms with E-state index in [4.69, 9.17) is 21.1 Å². The molecule has 0 bridgehead atoms. The number of hydrogen-bond acceptors (Lipinski definition) is 6. The highest BCUT2D eigenvalue weighted by Gasteiger charge is 2.31. The second kappa shape index (κ2) is 12.8. The molecule has 2 amide bonds. The van der Waals surface area contributed by atoms with E-state index < -0.39 is 28.5 Å². The average Bonchev–Trinajstić information content (AvgIpc) is 2.84. The van der Waals surface area contributed by atoms with Crippen LogP contribution >= 0.6 is 11.6 Å². The predicted octanol–water partition coefficient (Wildman–Crippen LogP) is 3.46. The molecular formula is C25H34ClN3O6S. The second-order valence-electron chi connectivity index (χ2n) is 8.45. The molecule has 0 aliphatic heterocycles. The summed E-state index contributed by atoms with van der Waals surface area (Å²) in [6.45, 7) is 4.93. The van der Waals surface area contributed by atoms with Crippen LogP contribution in [-0.2, 0) is 26.2 Å². The summed E-state index contributed by atoms with van der Waals surface area (Å²) < 4.78 is 37.0. The molecule has 0 fully saturated rings. The first kappa shape index (κ1) is 29.3. The number of benzene rings is 2.